The van der Waals surface area contributed by atoms with Crippen LogP contribution in [-0.2, 0) is 11.3 Å². The van der Waals surface area contributed by atoms with Crippen molar-refractivity contribution in [3.05, 3.63) is 77.6 Å². The highest BCUT2D eigenvalue weighted by molar-refractivity contribution is 5.92. The van der Waals surface area contributed by atoms with Crippen molar-refractivity contribution in [1.82, 2.24) is 19.6 Å². The summed E-state index contributed by atoms with van der Waals surface area (Å²) in [5.74, 6) is 0.996. The van der Waals surface area contributed by atoms with Crippen LogP contribution in [0.15, 0.2) is 66.5 Å². The molecule has 0 aliphatic carbocycles. The predicted octanol–water partition coefficient (Wildman–Crippen LogP) is 1.74. The summed E-state index contributed by atoms with van der Waals surface area (Å²) >= 11 is 0. The first kappa shape index (κ1) is 26.0. The molecule has 1 saturated heterocycles. The van der Waals surface area contributed by atoms with Gasteiger partial charge in [-0.2, -0.15) is 0 Å². The number of nitrogens with zero attached hydrogens (tertiary/aromatic N) is 4. The van der Waals surface area contributed by atoms with E-state index in [0.717, 1.165) is 50.5 Å². The Morgan fingerprint density at radius 3 is 2.42 bits per heavy atom. The number of hydrogen-bond donors (Lipinski definition) is 2. The third kappa shape index (κ3) is 6.36. The van der Waals surface area contributed by atoms with Crippen LogP contribution in [0.25, 0.3) is 0 Å². The first-order valence-corrected chi connectivity index (χ1v) is 12.4. The molecule has 2 atom stereocenters. The number of carbonyl (C=O) groups is 1. The van der Waals surface area contributed by atoms with Crippen LogP contribution in [0.4, 0.5) is 0 Å². The standard InChI is InChI=1S/C27H36N4O5/c1-28-24(19-25(32)29(2)27(28)34)31-16-14-30(15-17-31)13-8-18-35-23-12-7-6-11-22(23)26(33)36-20-21-9-4-3-5-10-21/h3-7,9-12,19,25,27,32,34H,8,13-18,20H2,1-2H3. The van der Waals surface area contributed by atoms with Crippen LogP contribution in [0.2, 0.25) is 0 Å². The Kier molecular flexibility index (Phi) is 8.82. The molecule has 2 heterocycles. The van der Waals surface area contributed by atoms with E-state index in [4.69, 9.17) is 9.47 Å². The van der Waals surface area contributed by atoms with Crippen LogP contribution in [0.3, 0.4) is 0 Å². The average molecular weight is 497 g/mol. The maximum absolute atomic E-state index is 12.6. The molecule has 4 rings (SSSR count). The largest absolute Gasteiger partial charge is 0.493 e. The van der Waals surface area contributed by atoms with E-state index in [1.165, 1.54) is 4.90 Å². The van der Waals surface area contributed by atoms with Crippen LogP contribution >= 0.6 is 0 Å². The lowest BCUT2D eigenvalue weighted by Crippen LogP contribution is -2.57. The van der Waals surface area contributed by atoms with Crippen molar-refractivity contribution >= 4 is 5.97 Å². The van der Waals surface area contributed by atoms with Gasteiger partial charge in [-0.25, -0.2) is 9.69 Å². The number of carbonyl (C=O) groups excluding carboxylic acids is 1. The topological polar surface area (TPSA) is 89.0 Å². The van der Waals surface area contributed by atoms with E-state index in [0.29, 0.717) is 17.9 Å². The van der Waals surface area contributed by atoms with E-state index in [-0.39, 0.29) is 6.61 Å². The molecule has 194 valence electrons. The summed E-state index contributed by atoms with van der Waals surface area (Å²) in [6, 6.07) is 16.8. The zero-order chi connectivity index (χ0) is 25.5. The number of ether oxygens (including phenoxy) is 2. The predicted molar refractivity (Wildman–Crippen MR) is 136 cm³/mol. The highest BCUT2D eigenvalue weighted by Crippen LogP contribution is 2.23. The summed E-state index contributed by atoms with van der Waals surface area (Å²) in [6.07, 6.45) is 0.949. The number of piperazine rings is 1. The smallest absolute Gasteiger partial charge is 0.342 e. The summed E-state index contributed by atoms with van der Waals surface area (Å²) < 4.78 is 11.4. The van der Waals surface area contributed by atoms with Gasteiger partial charge in [0.2, 0.25) is 0 Å². The van der Waals surface area contributed by atoms with Crippen molar-refractivity contribution in [3.63, 3.8) is 0 Å². The third-order valence-electron chi connectivity index (χ3n) is 6.68. The van der Waals surface area contributed by atoms with Gasteiger partial charge in [-0.3, -0.25) is 4.90 Å². The molecule has 2 aromatic carbocycles. The molecule has 0 saturated carbocycles. The van der Waals surface area contributed by atoms with Gasteiger partial charge in [-0.15, -0.1) is 0 Å². The molecule has 36 heavy (non-hydrogen) atoms. The fraction of sp³-hybridized carbons (Fsp3) is 0.444. The van der Waals surface area contributed by atoms with Crippen LogP contribution < -0.4 is 4.74 Å². The summed E-state index contributed by atoms with van der Waals surface area (Å²) in [4.78, 5) is 20.5. The van der Waals surface area contributed by atoms with E-state index in [1.54, 1.807) is 36.2 Å². The molecule has 0 spiro atoms. The fourth-order valence-corrected chi connectivity index (χ4v) is 4.46. The highest BCUT2D eigenvalue weighted by Gasteiger charge is 2.32. The van der Waals surface area contributed by atoms with Gasteiger partial charge in [0.05, 0.1) is 6.61 Å². The van der Waals surface area contributed by atoms with Crippen molar-refractivity contribution in [2.45, 2.75) is 25.6 Å². The van der Waals surface area contributed by atoms with E-state index in [9.17, 15) is 15.0 Å². The maximum Gasteiger partial charge on any atom is 0.342 e. The number of para-hydroxylation sites is 1. The lowest BCUT2D eigenvalue weighted by atomic mass is 10.2. The number of esters is 1. The zero-order valence-corrected chi connectivity index (χ0v) is 21.0. The number of aliphatic hydroxyl groups is 2. The fourth-order valence-electron chi connectivity index (χ4n) is 4.46. The molecular formula is C27H36N4O5. The monoisotopic (exact) mass is 496 g/mol. The molecule has 2 aliphatic heterocycles. The summed E-state index contributed by atoms with van der Waals surface area (Å²) in [5.41, 5.74) is 1.37. The Balaban J connectivity index is 1.20. The van der Waals surface area contributed by atoms with Crippen LogP contribution in [0, 0.1) is 0 Å². The second-order valence-corrected chi connectivity index (χ2v) is 9.15. The van der Waals surface area contributed by atoms with Crippen molar-refractivity contribution in [3.8, 4) is 5.75 Å². The first-order valence-electron chi connectivity index (χ1n) is 12.4. The summed E-state index contributed by atoms with van der Waals surface area (Å²) in [6.45, 7) is 5.01. The van der Waals surface area contributed by atoms with Crippen molar-refractivity contribution in [2.75, 3.05) is 53.4 Å². The molecule has 2 aliphatic rings. The van der Waals surface area contributed by atoms with Gasteiger partial charge in [0.15, 0.2) is 6.35 Å². The molecule has 2 N–H and O–H groups in total. The van der Waals surface area contributed by atoms with Gasteiger partial charge in [0.25, 0.3) is 0 Å². The van der Waals surface area contributed by atoms with Gasteiger partial charge in [-0.1, -0.05) is 42.5 Å². The molecule has 0 bridgehead atoms. The quantitative estimate of drug-likeness (QED) is 0.398. The number of likely N-dealkylation sites (N-methyl/N-ethyl adjacent to an activating group) is 1. The molecule has 2 unspecified atom stereocenters. The normalized spacial score (nSPS) is 21.3. The lowest BCUT2D eigenvalue weighted by molar-refractivity contribution is -0.150. The van der Waals surface area contributed by atoms with Crippen molar-refractivity contribution < 1.29 is 24.5 Å². The van der Waals surface area contributed by atoms with E-state index >= 15 is 0 Å². The van der Waals surface area contributed by atoms with Crippen LogP contribution in [-0.4, -0.2) is 102 Å². The summed E-state index contributed by atoms with van der Waals surface area (Å²) in [7, 11) is 3.52. The molecular weight excluding hydrogens is 460 g/mol. The number of hydrogen-bond acceptors (Lipinski definition) is 9. The second-order valence-electron chi connectivity index (χ2n) is 9.15. The lowest BCUT2D eigenvalue weighted by Gasteiger charge is -2.46. The Hall–Kier alpha value is -3.11. The molecule has 2 aromatic rings. The highest BCUT2D eigenvalue weighted by atomic mass is 16.5. The Bertz CT molecular complexity index is 1030. The molecule has 0 aromatic heterocycles. The van der Waals surface area contributed by atoms with E-state index in [1.807, 2.05) is 43.4 Å². The number of rotatable bonds is 9. The van der Waals surface area contributed by atoms with Crippen molar-refractivity contribution in [1.29, 1.82) is 0 Å². The van der Waals surface area contributed by atoms with Gasteiger partial charge in [0, 0.05) is 39.8 Å². The minimum absolute atomic E-state index is 0.224. The third-order valence-corrected chi connectivity index (χ3v) is 6.68. The van der Waals surface area contributed by atoms with Crippen molar-refractivity contribution in [2.24, 2.45) is 0 Å². The Morgan fingerprint density at radius 2 is 1.67 bits per heavy atom. The second kappa shape index (κ2) is 12.2. The molecule has 9 nitrogen and oxygen atoms in total. The zero-order valence-electron chi connectivity index (χ0n) is 21.0. The SMILES string of the molecule is CN1C(N2CCN(CCCOc3ccccc3C(=O)OCc3ccccc3)CC2)=CC(O)N(C)C1O. The molecule has 0 radical (unpaired) electrons. The van der Waals surface area contributed by atoms with Crippen LogP contribution in [0.5, 0.6) is 5.75 Å². The molecule has 0 amide bonds. The molecule has 9 heteroatoms. The van der Waals surface area contributed by atoms with E-state index < -0.39 is 18.5 Å². The first-order chi connectivity index (χ1) is 17.4. The average Bonchev–Trinajstić information content (AvgIpc) is 2.92. The van der Waals surface area contributed by atoms with Gasteiger partial charge < -0.3 is 29.5 Å². The Morgan fingerprint density at radius 1 is 0.972 bits per heavy atom. The molecule has 1 fully saturated rings. The minimum atomic E-state index is -0.853. The minimum Gasteiger partial charge on any atom is -0.493 e. The number of aliphatic hydroxyl groups excluding tert-OH is 2. The van der Waals surface area contributed by atoms with E-state index in [2.05, 4.69) is 9.80 Å². The maximum atomic E-state index is 12.6. The number of benzene rings is 2. The van der Waals surface area contributed by atoms with Gasteiger partial charge in [-0.05, 0) is 37.2 Å². The Labute approximate surface area is 212 Å². The van der Waals surface area contributed by atoms with Gasteiger partial charge in [0.1, 0.15) is 30.0 Å². The summed E-state index contributed by atoms with van der Waals surface area (Å²) in [5, 5.41) is 20.5. The van der Waals surface area contributed by atoms with Crippen LogP contribution in [0.1, 0.15) is 22.3 Å². The van der Waals surface area contributed by atoms with Gasteiger partial charge >= 0.3 is 5.97 Å².